The quantitative estimate of drug-likeness (QED) is 0.690. The van der Waals surface area contributed by atoms with Crippen molar-refractivity contribution < 1.29 is 32.2 Å². The molecule has 0 amide bonds. The predicted molar refractivity (Wildman–Crippen MR) is 88.9 cm³/mol. The van der Waals surface area contributed by atoms with Crippen molar-refractivity contribution in [1.29, 1.82) is 0 Å². The molecule has 5 nitrogen and oxygen atoms in total. The summed E-state index contributed by atoms with van der Waals surface area (Å²) in [5.74, 6) is -4.69. The number of nitrogens with zero attached hydrogens (tertiary/aromatic N) is 1. The SMILES string of the molecule is COc1cc(F)c(-c2cc(F)cc(C(CC(=O)O)c3ncco3)c2)c(F)c1. The number of carboxylic acids is 1. The van der Waals surface area contributed by atoms with Gasteiger partial charge in [-0.25, -0.2) is 18.2 Å². The zero-order chi connectivity index (χ0) is 19.6. The van der Waals surface area contributed by atoms with Crippen molar-refractivity contribution in [3.8, 4) is 16.9 Å². The number of aliphatic carboxylic acids is 1. The molecule has 0 bridgehead atoms. The molecule has 1 atom stereocenters. The lowest BCUT2D eigenvalue weighted by molar-refractivity contribution is -0.137. The van der Waals surface area contributed by atoms with Gasteiger partial charge in [0.2, 0.25) is 5.89 Å². The van der Waals surface area contributed by atoms with Crippen LogP contribution >= 0.6 is 0 Å². The van der Waals surface area contributed by atoms with Crippen molar-refractivity contribution in [3.05, 3.63) is 71.7 Å². The summed E-state index contributed by atoms with van der Waals surface area (Å²) in [4.78, 5) is 15.1. The minimum atomic E-state index is -1.16. The van der Waals surface area contributed by atoms with E-state index in [9.17, 15) is 18.0 Å². The van der Waals surface area contributed by atoms with Gasteiger partial charge < -0.3 is 14.3 Å². The zero-order valence-electron chi connectivity index (χ0n) is 14.1. The van der Waals surface area contributed by atoms with E-state index < -0.39 is 41.3 Å². The van der Waals surface area contributed by atoms with Crippen LogP contribution in [0.15, 0.2) is 47.2 Å². The lowest BCUT2D eigenvalue weighted by Gasteiger charge is -2.15. The summed E-state index contributed by atoms with van der Waals surface area (Å²) in [5.41, 5.74) is -0.355. The molecule has 1 unspecified atom stereocenters. The minimum Gasteiger partial charge on any atom is -0.497 e. The van der Waals surface area contributed by atoms with Gasteiger partial charge in [0.15, 0.2) is 0 Å². The summed E-state index contributed by atoms with van der Waals surface area (Å²) in [6, 6.07) is 5.32. The van der Waals surface area contributed by atoms with E-state index in [0.717, 1.165) is 24.3 Å². The molecule has 0 saturated heterocycles. The number of benzene rings is 2. The van der Waals surface area contributed by atoms with Crippen molar-refractivity contribution in [1.82, 2.24) is 4.98 Å². The van der Waals surface area contributed by atoms with E-state index in [4.69, 9.17) is 14.3 Å². The molecule has 0 saturated carbocycles. The van der Waals surface area contributed by atoms with Crippen LogP contribution in [0, 0.1) is 17.5 Å². The summed E-state index contributed by atoms with van der Waals surface area (Å²) in [5, 5.41) is 9.15. The van der Waals surface area contributed by atoms with Crippen LogP contribution in [0.1, 0.15) is 23.8 Å². The highest BCUT2D eigenvalue weighted by atomic mass is 19.1. The molecule has 1 N–H and O–H groups in total. The van der Waals surface area contributed by atoms with Crippen molar-refractivity contribution in [2.75, 3.05) is 7.11 Å². The molecule has 0 aliphatic heterocycles. The maximum atomic E-state index is 14.4. The summed E-state index contributed by atoms with van der Waals surface area (Å²) >= 11 is 0. The van der Waals surface area contributed by atoms with Gasteiger partial charge in [0.1, 0.15) is 29.5 Å². The number of hydrogen-bond donors (Lipinski definition) is 1. The highest BCUT2D eigenvalue weighted by Crippen LogP contribution is 2.34. The summed E-state index contributed by atoms with van der Waals surface area (Å²) in [6.45, 7) is 0. The summed E-state index contributed by atoms with van der Waals surface area (Å²) < 4.78 is 52.9. The number of rotatable bonds is 6. The first-order valence-corrected chi connectivity index (χ1v) is 7.84. The number of carbonyl (C=O) groups is 1. The largest absolute Gasteiger partial charge is 0.497 e. The molecule has 1 aromatic heterocycles. The first kappa shape index (κ1) is 18.5. The van der Waals surface area contributed by atoms with E-state index in [1.165, 1.54) is 25.6 Å². The second-order valence-electron chi connectivity index (χ2n) is 5.76. The number of aromatic nitrogens is 1. The van der Waals surface area contributed by atoms with E-state index in [2.05, 4.69) is 4.98 Å². The van der Waals surface area contributed by atoms with Gasteiger partial charge in [-0.15, -0.1) is 0 Å². The van der Waals surface area contributed by atoms with Gasteiger partial charge in [0.05, 0.1) is 31.2 Å². The Labute approximate surface area is 152 Å². The van der Waals surface area contributed by atoms with E-state index in [1.54, 1.807) is 0 Å². The molecule has 0 aliphatic rings. The molecule has 0 aliphatic carbocycles. The Bertz CT molecular complexity index is 950. The average Bonchev–Trinajstić information content (AvgIpc) is 3.12. The van der Waals surface area contributed by atoms with Crippen molar-refractivity contribution in [2.24, 2.45) is 0 Å². The van der Waals surface area contributed by atoms with Crippen LogP contribution in [0.3, 0.4) is 0 Å². The second-order valence-corrected chi connectivity index (χ2v) is 5.76. The van der Waals surface area contributed by atoms with Gasteiger partial charge in [0, 0.05) is 12.1 Å². The molecular weight excluding hydrogens is 363 g/mol. The van der Waals surface area contributed by atoms with Crippen molar-refractivity contribution in [2.45, 2.75) is 12.3 Å². The number of methoxy groups -OCH3 is 1. The van der Waals surface area contributed by atoms with Crippen LogP contribution in [0.5, 0.6) is 5.75 Å². The van der Waals surface area contributed by atoms with Crippen LogP contribution < -0.4 is 4.74 Å². The third-order valence-corrected chi connectivity index (χ3v) is 3.99. The monoisotopic (exact) mass is 377 g/mol. The Morgan fingerprint density at radius 3 is 2.44 bits per heavy atom. The topological polar surface area (TPSA) is 72.6 Å². The second kappa shape index (κ2) is 7.53. The molecule has 0 spiro atoms. The minimum absolute atomic E-state index is 0.0195. The third kappa shape index (κ3) is 3.94. The molecule has 8 heteroatoms. The first-order valence-electron chi connectivity index (χ1n) is 7.84. The van der Waals surface area contributed by atoms with Gasteiger partial charge >= 0.3 is 5.97 Å². The fourth-order valence-corrected chi connectivity index (χ4v) is 2.83. The van der Waals surface area contributed by atoms with Gasteiger partial charge in [-0.2, -0.15) is 0 Å². The number of halogens is 3. The molecule has 0 radical (unpaired) electrons. The molecule has 27 heavy (non-hydrogen) atoms. The molecule has 1 heterocycles. The maximum absolute atomic E-state index is 14.4. The Hall–Kier alpha value is -3.29. The number of carboxylic acid groups (broad SMARTS) is 1. The van der Waals surface area contributed by atoms with Crippen LogP contribution in [0.2, 0.25) is 0 Å². The van der Waals surface area contributed by atoms with Crippen LogP contribution in [0.4, 0.5) is 13.2 Å². The predicted octanol–water partition coefficient (Wildman–Crippen LogP) is 4.37. The van der Waals surface area contributed by atoms with Gasteiger partial charge in [-0.1, -0.05) is 0 Å². The molecule has 3 rings (SSSR count). The van der Waals surface area contributed by atoms with Crippen molar-refractivity contribution in [3.63, 3.8) is 0 Å². The molecule has 140 valence electrons. The fourth-order valence-electron chi connectivity index (χ4n) is 2.83. The molecule has 2 aromatic carbocycles. The van der Waals surface area contributed by atoms with E-state index in [-0.39, 0.29) is 22.8 Å². The Morgan fingerprint density at radius 1 is 1.19 bits per heavy atom. The summed E-state index contributed by atoms with van der Waals surface area (Å²) in [7, 11) is 1.26. The van der Waals surface area contributed by atoms with Gasteiger partial charge in [-0.3, -0.25) is 4.79 Å². The molecule has 0 fully saturated rings. The van der Waals surface area contributed by atoms with Crippen LogP contribution in [-0.2, 0) is 4.79 Å². The van der Waals surface area contributed by atoms with Crippen LogP contribution in [-0.4, -0.2) is 23.2 Å². The number of hydrogen-bond acceptors (Lipinski definition) is 4. The molecular formula is C19H14F3NO4. The van der Waals surface area contributed by atoms with E-state index in [1.807, 2.05) is 0 Å². The van der Waals surface area contributed by atoms with E-state index >= 15 is 0 Å². The normalized spacial score (nSPS) is 12.0. The smallest absolute Gasteiger partial charge is 0.304 e. The lowest BCUT2D eigenvalue weighted by atomic mass is 9.92. The Morgan fingerprint density at radius 2 is 1.89 bits per heavy atom. The zero-order valence-corrected chi connectivity index (χ0v) is 14.1. The fraction of sp³-hybridized carbons (Fsp3) is 0.158. The van der Waals surface area contributed by atoms with E-state index in [0.29, 0.717) is 0 Å². The van der Waals surface area contributed by atoms with Gasteiger partial charge in [0.25, 0.3) is 0 Å². The highest BCUT2D eigenvalue weighted by Gasteiger charge is 2.24. The summed E-state index contributed by atoms with van der Waals surface area (Å²) in [6.07, 6.45) is 2.15. The highest BCUT2D eigenvalue weighted by molar-refractivity contribution is 5.70. The number of ether oxygens (including phenoxy) is 1. The van der Waals surface area contributed by atoms with Crippen molar-refractivity contribution >= 4 is 5.97 Å². The average molecular weight is 377 g/mol. The molecule has 3 aromatic rings. The van der Waals surface area contributed by atoms with Crippen LogP contribution in [0.25, 0.3) is 11.1 Å². The number of oxazole rings is 1. The Balaban J connectivity index is 2.13. The first-order chi connectivity index (χ1) is 12.9. The Kier molecular flexibility index (Phi) is 5.16. The third-order valence-electron chi connectivity index (χ3n) is 3.99. The van der Waals surface area contributed by atoms with Gasteiger partial charge in [-0.05, 0) is 29.3 Å². The maximum Gasteiger partial charge on any atom is 0.304 e. The standard InChI is InChI=1S/C19H14F3NO4/c1-26-13-7-15(21)18(16(22)8-13)11-4-10(5-12(20)6-11)14(9-17(24)25)19-23-2-3-27-19/h2-8,14H,9H2,1H3,(H,24,25). The lowest BCUT2D eigenvalue weighted by Crippen LogP contribution is -2.09.